The number of benzene rings is 1. The van der Waals surface area contributed by atoms with Crippen molar-refractivity contribution < 1.29 is 19.1 Å². The molecular weight excluding hydrogens is 258 g/mol. The third kappa shape index (κ3) is 6.78. The lowest BCUT2D eigenvalue weighted by molar-refractivity contribution is 0.112. The molecule has 1 rings (SSSR count). The lowest BCUT2D eigenvalue weighted by Gasteiger charge is -2.19. The second-order valence-electron chi connectivity index (χ2n) is 5.40. The molecule has 0 aliphatic heterocycles. The summed E-state index contributed by atoms with van der Waals surface area (Å²) in [7, 11) is 0. The van der Waals surface area contributed by atoms with Crippen molar-refractivity contribution in [3.8, 4) is 5.75 Å². The molecule has 0 fully saturated rings. The third-order valence-electron chi connectivity index (χ3n) is 2.28. The van der Waals surface area contributed by atoms with Crippen LogP contribution in [0, 0.1) is 0 Å². The van der Waals surface area contributed by atoms with Crippen molar-refractivity contribution in [2.75, 3.05) is 13.2 Å². The fraction of sp³-hybridized carbons (Fsp3) is 0.467. The molecule has 20 heavy (non-hydrogen) atoms. The van der Waals surface area contributed by atoms with Gasteiger partial charge in [0.2, 0.25) is 0 Å². The van der Waals surface area contributed by atoms with Gasteiger partial charge in [0, 0.05) is 17.5 Å². The van der Waals surface area contributed by atoms with Crippen LogP contribution >= 0.6 is 0 Å². The number of amides is 1. The van der Waals surface area contributed by atoms with Gasteiger partial charge in [0.1, 0.15) is 12.0 Å². The predicted octanol–water partition coefficient (Wildman–Crippen LogP) is 2.79. The Labute approximate surface area is 119 Å². The first-order valence-electron chi connectivity index (χ1n) is 6.54. The topological polar surface area (TPSA) is 64.6 Å². The van der Waals surface area contributed by atoms with Crippen LogP contribution in [0.3, 0.4) is 0 Å². The lowest BCUT2D eigenvalue weighted by atomic mass is 10.1. The summed E-state index contributed by atoms with van der Waals surface area (Å²) in [6.45, 7) is 6.42. The summed E-state index contributed by atoms with van der Waals surface area (Å²) in [5, 5.41) is 2.71. The number of alkyl carbamates (subject to hydrolysis) is 1. The Hall–Kier alpha value is -2.04. The molecule has 5 nitrogen and oxygen atoms in total. The Kier molecular flexibility index (Phi) is 6.03. The van der Waals surface area contributed by atoms with Crippen molar-refractivity contribution in [1.82, 2.24) is 5.32 Å². The van der Waals surface area contributed by atoms with E-state index in [1.165, 1.54) is 0 Å². The van der Waals surface area contributed by atoms with E-state index < -0.39 is 6.09 Å². The van der Waals surface area contributed by atoms with Gasteiger partial charge in [-0.1, -0.05) is 0 Å². The molecule has 0 aromatic heterocycles. The van der Waals surface area contributed by atoms with E-state index in [2.05, 4.69) is 5.32 Å². The molecule has 0 radical (unpaired) electrons. The van der Waals surface area contributed by atoms with E-state index >= 15 is 0 Å². The van der Waals surface area contributed by atoms with Crippen LogP contribution in [0.25, 0.3) is 0 Å². The maximum Gasteiger partial charge on any atom is 0.407 e. The van der Waals surface area contributed by atoms with Gasteiger partial charge >= 0.3 is 6.09 Å². The smallest absolute Gasteiger partial charge is 0.407 e. The molecule has 0 saturated carbocycles. The first-order valence-corrected chi connectivity index (χ1v) is 6.54. The second-order valence-corrected chi connectivity index (χ2v) is 5.40. The van der Waals surface area contributed by atoms with Gasteiger partial charge in [0.15, 0.2) is 0 Å². The largest absolute Gasteiger partial charge is 0.493 e. The summed E-state index contributed by atoms with van der Waals surface area (Å²) < 4.78 is 10.5. The maximum absolute atomic E-state index is 11.4. The quantitative estimate of drug-likeness (QED) is 0.642. The molecular formula is C15H21NO4. The minimum Gasteiger partial charge on any atom is -0.493 e. The Morgan fingerprint density at radius 1 is 1.20 bits per heavy atom. The number of nitrogens with one attached hydrogen (secondary N) is 1. The SMILES string of the molecule is CC(C)(C)NC(=O)OCCCOc1ccc(C=O)cc1. The van der Waals surface area contributed by atoms with Crippen molar-refractivity contribution in [1.29, 1.82) is 0 Å². The van der Waals surface area contributed by atoms with Gasteiger partial charge in [-0.2, -0.15) is 0 Å². The van der Waals surface area contributed by atoms with Crippen molar-refractivity contribution in [2.24, 2.45) is 0 Å². The molecule has 1 N–H and O–H groups in total. The van der Waals surface area contributed by atoms with Crippen LogP contribution in [0.15, 0.2) is 24.3 Å². The van der Waals surface area contributed by atoms with Crippen molar-refractivity contribution in [3.63, 3.8) is 0 Å². The highest BCUT2D eigenvalue weighted by atomic mass is 16.5. The Morgan fingerprint density at radius 3 is 2.40 bits per heavy atom. The standard InChI is InChI=1S/C15H21NO4/c1-15(2,3)16-14(18)20-10-4-9-19-13-7-5-12(11-17)6-8-13/h5-8,11H,4,9-10H2,1-3H3,(H,16,18). The maximum atomic E-state index is 11.4. The Morgan fingerprint density at radius 2 is 1.85 bits per heavy atom. The van der Waals surface area contributed by atoms with E-state index in [4.69, 9.17) is 9.47 Å². The molecule has 0 heterocycles. The number of rotatable bonds is 6. The molecule has 0 spiro atoms. The summed E-state index contributed by atoms with van der Waals surface area (Å²) in [6, 6.07) is 6.85. The summed E-state index contributed by atoms with van der Waals surface area (Å²) in [6.07, 6.45) is 0.964. The third-order valence-corrected chi connectivity index (χ3v) is 2.28. The van der Waals surface area contributed by atoms with E-state index in [0.29, 0.717) is 30.9 Å². The number of carbonyl (C=O) groups is 2. The van der Waals surface area contributed by atoms with Gasteiger partial charge in [-0.15, -0.1) is 0 Å². The average Bonchev–Trinajstić information content (AvgIpc) is 2.37. The molecule has 0 aliphatic rings. The van der Waals surface area contributed by atoms with E-state index in [1.54, 1.807) is 24.3 Å². The highest BCUT2D eigenvalue weighted by Gasteiger charge is 2.14. The summed E-state index contributed by atoms with van der Waals surface area (Å²) in [5.41, 5.74) is 0.313. The summed E-state index contributed by atoms with van der Waals surface area (Å²) in [5.74, 6) is 0.690. The number of hydrogen-bond donors (Lipinski definition) is 1. The van der Waals surface area contributed by atoms with Crippen molar-refractivity contribution in [3.05, 3.63) is 29.8 Å². The van der Waals surface area contributed by atoms with E-state index in [9.17, 15) is 9.59 Å². The van der Waals surface area contributed by atoms with Gasteiger partial charge < -0.3 is 14.8 Å². The Balaban J connectivity index is 2.15. The highest BCUT2D eigenvalue weighted by molar-refractivity contribution is 5.74. The predicted molar refractivity (Wildman–Crippen MR) is 76.2 cm³/mol. The number of carbonyl (C=O) groups excluding carboxylic acids is 2. The van der Waals surface area contributed by atoms with Gasteiger partial charge in [0.25, 0.3) is 0 Å². The Bertz CT molecular complexity index is 434. The zero-order valence-corrected chi connectivity index (χ0v) is 12.1. The molecule has 1 aromatic rings. The first kappa shape index (κ1) is 16.0. The van der Waals surface area contributed by atoms with Crippen molar-refractivity contribution in [2.45, 2.75) is 32.7 Å². The van der Waals surface area contributed by atoms with Crippen LogP contribution in [-0.2, 0) is 4.74 Å². The van der Waals surface area contributed by atoms with Crippen LogP contribution in [0.5, 0.6) is 5.75 Å². The average molecular weight is 279 g/mol. The number of ether oxygens (including phenoxy) is 2. The van der Waals surface area contributed by atoms with Crippen molar-refractivity contribution >= 4 is 12.4 Å². The minimum atomic E-state index is -0.423. The molecule has 5 heteroatoms. The molecule has 110 valence electrons. The van der Waals surface area contributed by atoms with Crippen LogP contribution < -0.4 is 10.1 Å². The zero-order valence-electron chi connectivity index (χ0n) is 12.1. The van der Waals surface area contributed by atoms with Crippen LogP contribution in [0.4, 0.5) is 4.79 Å². The lowest BCUT2D eigenvalue weighted by Crippen LogP contribution is -2.41. The van der Waals surface area contributed by atoms with Gasteiger partial charge in [-0.05, 0) is 45.0 Å². The second kappa shape index (κ2) is 7.53. The molecule has 1 amide bonds. The molecule has 1 aromatic carbocycles. The molecule has 0 aliphatic carbocycles. The van der Waals surface area contributed by atoms with E-state index in [1.807, 2.05) is 20.8 Å². The fourth-order valence-corrected chi connectivity index (χ4v) is 1.40. The monoisotopic (exact) mass is 279 g/mol. The van der Waals surface area contributed by atoms with Gasteiger partial charge in [-0.3, -0.25) is 4.79 Å². The van der Waals surface area contributed by atoms with E-state index in [0.717, 1.165) is 6.29 Å². The van der Waals surface area contributed by atoms with Gasteiger partial charge in [-0.25, -0.2) is 4.79 Å². The fourth-order valence-electron chi connectivity index (χ4n) is 1.40. The normalized spacial score (nSPS) is 10.8. The summed E-state index contributed by atoms with van der Waals surface area (Å²) >= 11 is 0. The van der Waals surface area contributed by atoms with Crippen LogP contribution in [0.2, 0.25) is 0 Å². The van der Waals surface area contributed by atoms with E-state index in [-0.39, 0.29) is 5.54 Å². The minimum absolute atomic E-state index is 0.298. The summed E-state index contributed by atoms with van der Waals surface area (Å²) in [4.78, 5) is 21.8. The number of aldehydes is 1. The zero-order chi connectivity index (χ0) is 15.0. The molecule has 0 unspecified atom stereocenters. The molecule has 0 bridgehead atoms. The van der Waals surface area contributed by atoms with Gasteiger partial charge in [0.05, 0.1) is 13.2 Å². The molecule has 0 saturated heterocycles. The highest BCUT2D eigenvalue weighted by Crippen LogP contribution is 2.11. The van der Waals surface area contributed by atoms with Crippen LogP contribution in [-0.4, -0.2) is 31.1 Å². The van der Waals surface area contributed by atoms with Crippen LogP contribution in [0.1, 0.15) is 37.6 Å². The number of hydrogen-bond acceptors (Lipinski definition) is 4. The first-order chi connectivity index (χ1) is 9.40. The molecule has 0 atom stereocenters.